The minimum Gasteiger partial charge on any atom is -0.495 e. The highest BCUT2D eigenvalue weighted by Crippen LogP contribution is 2.28. The fourth-order valence-electron chi connectivity index (χ4n) is 2.29. The van der Waals surface area contributed by atoms with Gasteiger partial charge < -0.3 is 10.1 Å². The molecule has 0 saturated heterocycles. The first-order valence-corrected chi connectivity index (χ1v) is 9.74. The Morgan fingerprint density at radius 3 is 2.52 bits per heavy atom. The number of methoxy groups -OCH3 is 1. The average molecular weight is 427 g/mol. The quantitative estimate of drug-likeness (QED) is 0.740. The van der Waals surface area contributed by atoms with Crippen LogP contribution in [0.25, 0.3) is 0 Å². The van der Waals surface area contributed by atoms with Gasteiger partial charge in [-0.2, -0.15) is 0 Å². The molecule has 0 radical (unpaired) electrons. The molecular weight excluding hydrogens is 408 g/mol. The summed E-state index contributed by atoms with van der Waals surface area (Å²) in [6.07, 6.45) is 0. The Labute approximate surface area is 155 Å². The van der Waals surface area contributed by atoms with Gasteiger partial charge in [-0.25, -0.2) is 13.1 Å². The summed E-state index contributed by atoms with van der Waals surface area (Å²) in [6, 6.07) is 11.3. The van der Waals surface area contributed by atoms with Crippen LogP contribution in [0.15, 0.2) is 51.8 Å². The van der Waals surface area contributed by atoms with Crippen LogP contribution in [0.2, 0.25) is 0 Å². The molecule has 0 unspecified atom stereocenters. The third-order valence-electron chi connectivity index (χ3n) is 3.47. The van der Waals surface area contributed by atoms with Crippen LogP contribution in [0.5, 0.6) is 5.75 Å². The fourth-order valence-corrected chi connectivity index (χ4v) is 3.96. The number of carbonyl (C=O) groups is 1. The van der Waals surface area contributed by atoms with Gasteiger partial charge in [0.1, 0.15) is 5.75 Å². The van der Waals surface area contributed by atoms with Crippen molar-refractivity contribution in [1.82, 2.24) is 4.72 Å². The molecule has 2 aromatic rings. The molecule has 6 nitrogen and oxygen atoms in total. The van der Waals surface area contributed by atoms with E-state index in [0.29, 0.717) is 11.4 Å². The summed E-state index contributed by atoms with van der Waals surface area (Å²) >= 11 is 3.37. The van der Waals surface area contributed by atoms with Crippen molar-refractivity contribution in [1.29, 1.82) is 0 Å². The highest BCUT2D eigenvalue weighted by molar-refractivity contribution is 9.10. The summed E-state index contributed by atoms with van der Waals surface area (Å²) in [5, 5.41) is 2.57. The average Bonchev–Trinajstić information content (AvgIpc) is 2.53. The zero-order chi connectivity index (χ0) is 18.6. The first kappa shape index (κ1) is 19.4. The Hall–Kier alpha value is -1.90. The van der Waals surface area contributed by atoms with Gasteiger partial charge in [-0.1, -0.05) is 28.1 Å². The molecule has 0 heterocycles. The highest BCUT2D eigenvalue weighted by Gasteiger charge is 2.20. The van der Waals surface area contributed by atoms with E-state index in [1.165, 1.54) is 32.2 Å². The van der Waals surface area contributed by atoms with Gasteiger partial charge >= 0.3 is 0 Å². The number of hydrogen-bond acceptors (Lipinski definition) is 4. The van der Waals surface area contributed by atoms with E-state index in [9.17, 15) is 13.2 Å². The summed E-state index contributed by atoms with van der Waals surface area (Å²) in [6.45, 7) is 3.10. The number of carbonyl (C=O) groups excluding carboxylic acids is 1. The van der Waals surface area contributed by atoms with Crippen molar-refractivity contribution >= 4 is 37.5 Å². The molecule has 25 heavy (non-hydrogen) atoms. The fraction of sp³-hybridized carbons (Fsp3) is 0.235. The number of hydrogen-bond donors (Lipinski definition) is 2. The van der Waals surface area contributed by atoms with E-state index >= 15 is 0 Å². The second kappa shape index (κ2) is 7.99. The predicted molar refractivity (Wildman–Crippen MR) is 100 cm³/mol. The molecule has 2 aromatic carbocycles. The van der Waals surface area contributed by atoms with E-state index < -0.39 is 16.1 Å². The molecule has 0 spiro atoms. The zero-order valence-corrected chi connectivity index (χ0v) is 16.4. The normalized spacial score (nSPS) is 12.5. The van der Waals surface area contributed by atoms with Crippen molar-refractivity contribution in [3.63, 3.8) is 0 Å². The molecule has 1 amide bonds. The highest BCUT2D eigenvalue weighted by atomic mass is 79.9. The molecule has 0 aliphatic heterocycles. The monoisotopic (exact) mass is 426 g/mol. The lowest BCUT2D eigenvalue weighted by atomic mass is 10.1. The Morgan fingerprint density at radius 1 is 1.20 bits per heavy atom. The smallest absolute Gasteiger partial charge is 0.241 e. The van der Waals surface area contributed by atoms with Gasteiger partial charge in [0.2, 0.25) is 15.9 Å². The van der Waals surface area contributed by atoms with E-state index in [-0.39, 0.29) is 10.8 Å². The van der Waals surface area contributed by atoms with Crippen LogP contribution in [0.4, 0.5) is 5.69 Å². The lowest BCUT2D eigenvalue weighted by molar-refractivity contribution is -0.114. The summed E-state index contributed by atoms with van der Waals surface area (Å²) in [7, 11) is -2.33. The molecule has 0 aromatic heterocycles. The van der Waals surface area contributed by atoms with Crippen molar-refractivity contribution in [3.8, 4) is 5.75 Å². The summed E-state index contributed by atoms with van der Waals surface area (Å²) < 4.78 is 34.0. The first-order chi connectivity index (χ1) is 11.7. The largest absolute Gasteiger partial charge is 0.495 e. The van der Waals surface area contributed by atoms with Crippen LogP contribution >= 0.6 is 15.9 Å². The van der Waals surface area contributed by atoms with Crippen LogP contribution < -0.4 is 14.8 Å². The lowest BCUT2D eigenvalue weighted by Crippen LogP contribution is -2.27. The van der Waals surface area contributed by atoms with Gasteiger partial charge in [-0.15, -0.1) is 0 Å². The molecule has 0 aliphatic carbocycles. The molecule has 0 saturated carbocycles. The summed E-state index contributed by atoms with van der Waals surface area (Å²) in [5.74, 6) is 0.0671. The van der Waals surface area contributed by atoms with Crippen molar-refractivity contribution in [2.75, 3.05) is 12.4 Å². The molecular formula is C17H19BrN2O4S. The van der Waals surface area contributed by atoms with E-state index in [4.69, 9.17) is 4.74 Å². The summed E-state index contributed by atoms with van der Waals surface area (Å²) in [5.41, 5.74) is 1.13. The number of benzene rings is 2. The van der Waals surface area contributed by atoms with Crippen molar-refractivity contribution < 1.29 is 17.9 Å². The van der Waals surface area contributed by atoms with Crippen LogP contribution in [0.3, 0.4) is 0 Å². The van der Waals surface area contributed by atoms with E-state index in [1.54, 1.807) is 6.92 Å². The Kier molecular flexibility index (Phi) is 6.21. The molecule has 0 fully saturated rings. The Morgan fingerprint density at radius 2 is 1.92 bits per heavy atom. The van der Waals surface area contributed by atoms with Crippen molar-refractivity contribution in [3.05, 3.63) is 52.5 Å². The van der Waals surface area contributed by atoms with Crippen LogP contribution in [0, 0.1) is 0 Å². The Bertz CT molecular complexity index is 884. The Balaban J connectivity index is 2.31. The number of halogens is 1. The van der Waals surface area contributed by atoms with Crippen molar-refractivity contribution in [2.24, 2.45) is 0 Å². The van der Waals surface area contributed by atoms with Gasteiger partial charge in [0.25, 0.3) is 0 Å². The van der Waals surface area contributed by atoms with Crippen LogP contribution in [-0.2, 0) is 14.8 Å². The number of anilines is 1. The molecule has 0 aliphatic rings. The number of nitrogens with one attached hydrogen (secondary N) is 2. The molecule has 1 atom stereocenters. The van der Waals surface area contributed by atoms with Crippen LogP contribution in [-0.4, -0.2) is 21.4 Å². The second-order valence-corrected chi connectivity index (χ2v) is 8.07. The van der Waals surface area contributed by atoms with Gasteiger partial charge in [0.15, 0.2) is 0 Å². The number of amides is 1. The van der Waals surface area contributed by atoms with Crippen LogP contribution in [0.1, 0.15) is 25.5 Å². The summed E-state index contributed by atoms with van der Waals surface area (Å²) in [4.78, 5) is 11.3. The standard InChI is InChI=1S/C17H19BrN2O4S/c1-11(13-5-4-6-14(18)9-13)20-25(22,23)15-7-8-17(24-3)16(10-15)19-12(2)21/h4-11,20H,1-3H3,(H,19,21)/t11-/m0/s1. The number of ether oxygens (including phenoxy) is 1. The molecule has 8 heteroatoms. The molecule has 0 bridgehead atoms. The topological polar surface area (TPSA) is 84.5 Å². The SMILES string of the molecule is COc1ccc(S(=O)(=O)N[C@@H](C)c2cccc(Br)c2)cc1NC(C)=O. The molecule has 2 rings (SSSR count). The first-order valence-electron chi connectivity index (χ1n) is 7.46. The zero-order valence-electron chi connectivity index (χ0n) is 14.0. The third-order valence-corrected chi connectivity index (χ3v) is 5.50. The minimum atomic E-state index is -3.78. The van der Waals surface area contributed by atoms with E-state index in [0.717, 1.165) is 10.0 Å². The maximum Gasteiger partial charge on any atom is 0.241 e. The lowest BCUT2D eigenvalue weighted by Gasteiger charge is -2.16. The number of rotatable bonds is 6. The third kappa shape index (κ3) is 5.04. The second-order valence-electron chi connectivity index (χ2n) is 5.44. The van der Waals surface area contributed by atoms with E-state index in [1.807, 2.05) is 24.3 Å². The predicted octanol–water partition coefficient (Wildman–Crippen LogP) is 3.46. The number of sulfonamides is 1. The molecule has 2 N–H and O–H groups in total. The maximum absolute atomic E-state index is 12.7. The van der Waals surface area contributed by atoms with Crippen molar-refractivity contribution in [2.45, 2.75) is 24.8 Å². The maximum atomic E-state index is 12.7. The van der Waals surface area contributed by atoms with Gasteiger partial charge in [0.05, 0.1) is 17.7 Å². The van der Waals surface area contributed by atoms with Gasteiger partial charge in [-0.05, 0) is 42.8 Å². The van der Waals surface area contributed by atoms with E-state index in [2.05, 4.69) is 26.0 Å². The van der Waals surface area contributed by atoms with Gasteiger partial charge in [-0.3, -0.25) is 4.79 Å². The molecule has 134 valence electrons. The minimum absolute atomic E-state index is 0.0406. The van der Waals surface area contributed by atoms with Gasteiger partial charge in [0, 0.05) is 17.4 Å².